The lowest BCUT2D eigenvalue weighted by atomic mass is 10.2. The van der Waals surface area contributed by atoms with Crippen LogP contribution in [0, 0.1) is 6.92 Å². The van der Waals surface area contributed by atoms with E-state index in [0.717, 1.165) is 5.56 Å². The maximum atomic E-state index is 12.0. The van der Waals surface area contributed by atoms with Gasteiger partial charge in [0.2, 0.25) is 0 Å². The fraction of sp³-hybridized carbons (Fsp3) is 0.200. The molecule has 0 bridgehead atoms. The van der Waals surface area contributed by atoms with Gasteiger partial charge in [-0.1, -0.05) is 29.8 Å². The van der Waals surface area contributed by atoms with Crippen LogP contribution in [0.4, 0.5) is 5.69 Å². The molecule has 0 spiro atoms. The normalized spacial score (nSPS) is 10.6. The third kappa shape index (κ3) is 4.95. The predicted octanol–water partition coefficient (Wildman–Crippen LogP) is 3.00. The van der Waals surface area contributed by atoms with Crippen LogP contribution in [0.1, 0.15) is 17.8 Å². The van der Waals surface area contributed by atoms with Crippen molar-refractivity contribution in [1.82, 2.24) is 9.97 Å². The average molecular weight is 400 g/mol. The SMILES string of the molecule is Cc1ccc(NC(=O)COC(=O)CCc2nc3ccccc3c(=O)[nH]2)c(Cl)c1. The van der Waals surface area contributed by atoms with E-state index in [1.54, 1.807) is 36.4 Å². The number of anilines is 1. The first-order chi connectivity index (χ1) is 13.4. The molecule has 3 rings (SSSR count). The number of carbonyl (C=O) groups excluding carboxylic acids is 2. The summed E-state index contributed by atoms with van der Waals surface area (Å²) in [7, 11) is 0. The Kier molecular flexibility index (Phi) is 6.06. The maximum absolute atomic E-state index is 12.0. The Labute approximate surface area is 165 Å². The van der Waals surface area contributed by atoms with Crippen molar-refractivity contribution in [3.05, 3.63) is 69.2 Å². The predicted molar refractivity (Wildman–Crippen MR) is 106 cm³/mol. The van der Waals surface area contributed by atoms with Crippen LogP contribution in [0.3, 0.4) is 0 Å². The number of nitrogens with zero attached hydrogens (tertiary/aromatic N) is 1. The van der Waals surface area contributed by atoms with E-state index in [9.17, 15) is 14.4 Å². The van der Waals surface area contributed by atoms with E-state index in [0.29, 0.717) is 27.4 Å². The number of esters is 1. The topological polar surface area (TPSA) is 101 Å². The highest BCUT2D eigenvalue weighted by Crippen LogP contribution is 2.22. The molecule has 1 aromatic heterocycles. The van der Waals surface area contributed by atoms with Crippen LogP contribution in [-0.4, -0.2) is 28.5 Å². The number of halogens is 1. The zero-order chi connectivity index (χ0) is 20.1. The van der Waals surface area contributed by atoms with E-state index in [1.807, 2.05) is 13.0 Å². The van der Waals surface area contributed by atoms with Crippen LogP contribution in [0.15, 0.2) is 47.3 Å². The van der Waals surface area contributed by atoms with E-state index >= 15 is 0 Å². The quantitative estimate of drug-likeness (QED) is 0.620. The molecule has 0 atom stereocenters. The molecule has 1 heterocycles. The molecule has 2 N–H and O–H groups in total. The lowest BCUT2D eigenvalue weighted by molar-refractivity contribution is -0.147. The molecule has 28 heavy (non-hydrogen) atoms. The average Bonchev–Trinajstić information content (AvgIpc) is 2.67. The van der Waals surface area contributed by atoms with Gasteiger partial charge < -0.3 is 15.0 Å². The van der Waals surface area contributed by atoms with Crippen LogP contribution in [-0.2, 0) is 20.7 Å². The van der Waals surface area contributed by atoms with Gasteiger partial charge in [0.05, 0.1) is 28.0 Å². The third-order valence-electron chi connectivity index (χ3n) is 3.99. The van der Waals surface area contributed by atoms with Gasteiger partial charge in [0.25, 0.3) is 11.5 Å². The molecule has 0 saturated carbocycles. The Bertz CT molecular complexity index is 1090. The molecule has 1 amide bonds. The smallest absolute Gasteiger partial charge is 0.306 e. The lowest BCUT2D eigenvalue weighted by Crippen LogP contribution is -2.21. The highest BCUT2D eigenvalue weighted by atomic mass is 35.5. The minimum atomic E-state index is -0.569. The summed E-state index contributed by atoms with van der Waals surface area (Å²) in [5, 5.41) is 3.48. The number of carbonyl (C=O) groups is 2. The Morgan fingerprint density at radius 2 is 2.00 bits per heavy atom. The van der Waals surface area contributed by atoms with Crippen LogP contribution in [0.5, 0.6) is 0 Å². The number of ether oxygens (including phenoxy) is 1. The van der Waals surface area contributed by atoms with Crippen molar-refractivity contribution in [2.45, 2.75) is 19.8 Å². The van der Waals surface area contributed by atoms with Crippen LogP contribution < -0.4 is 10.9 Å². The summed E-state index contributed by atoms with van der Waals surface area (Å²) in [4.78, 5) is 42.8. The van der Waals surface area contributed by atoms with E-state index in [-0.39, 0.29) is 18.4 Å². The molecule has 0 aliphatic carbocycles. The molecular weight excluding hydrogens is 382 g/mol. The number of aromatic amines is 1. The number of fused-ring (bicyclic) bond motifs is 1. The van der Waals surface area contributed by atoms with Gasteiger partial charge in [-0.2, -0.15) is 0 Å². The number of hydrogen-bond acceptors (Lipinski definition) is 5. The second kappa shape index (κ2) is 8.67. The Balaban J connectivity index is 1.50. The fourth-order valence-corrected chi connectivity index (χ4v) is 2.88. The Morgan fingerprint density at radius 3 is 2.79 bits per heavy atom. The van der Waals surface area contributed by atoms with E-state index in [4.69, 9.17) is 16.3 Å². The molecule has 7 nitrogen and oxygen atoms in total. The summed E-state index contributed by atoms with van der Waals surface area (Å²) in [5.41, 5.74) is 1.72. The fourth-order valence-electron chi connectivity index (χ4n) is 2.60. The van der Waals surface area contributed by atoms with Crippen molar-refractivity contribution >= 4 is 40.1 Å². The summed E-state index contributed by atoms with van der Waals surface area (Å²) in [6, 6.07) is 12.2. The Hall–Kier alpha value is -3.19. The number of rotatable bonds is 6. The number of aryl methyl sites for hydroxylation is 2. The molecular formula is C20H18ClN3O4. The largest absolute Gasteiger partial charge is 0.456 e. The minimum Gasteiger partial charge on any atom is -0.456 e. The van der Waals surface area contributed by atoms with Crippen LogP contribution in [0.25, 0.3) is 10.9 Å². The van der Waals surface area contributed by atoms with E-state index in [2.05, 4.69) is 15.3 Å². The van der Waals surface area contributed by atoms with Crippen molar-refractivity contribution in [2.75, 3.05) is 11.9 Å². The monoisotopic (exact) mass is 399 g/mol. The van der Waals surface area contributed by atoms with Crippen molar-refractivity contribution in [2.24, 2.45) is 0 Å². The van der Waals surface area contributed by atoms with Crippen molar-refractivity contribution in [3.8, 4) is 0 Å². The molecule has 8 heteroatoms. The van der Waals surface area contributed by atoms with Gasteiger partial charge in [0, 0.05) is 6.42 Å². The van der Waals surface area contributed by atoms with Gasteiger partial charge in [-0.15, -0.1) is 0 Å². The lowest BCUT2D eigenvalue weighted by Gasteiger charge is -2.08. The number of H-pyrrole nitrogens is 1. The third-order valence-corrected chi connectivity index (χ3v) is 4.30. The van der Waals surface area contributed by atoms with Crippen molar-refractivity contribution < 1.29 is 14.3 Å². The first-order valence-electron chi connectivity index (χ1n) is 8.62. The number of benzene rings is 2. The summed E-state index contributed by atoms with van der Waals surface area (Å²) < 4.78 is 4.97. The summed E-state index contributed by atoms with van der Waals surface area (Å²) in [5.74, 6) is -0.672. The summed E-state index contributed by atoms with van der Waals surface area (Å²) >= 11 is 6.05. The van der Waals surface area contributed by atoms with Gasteiger partial charge in [0.15, 0.2) is 6.61 Å². The highest BCUT2D eigenvalue weighted by molar-refractivity contribution is 6.33. The molecule has 0 radical (unpaired) electrons. The number of hydrogen-bond donors (Lipinski definition) is 2. The van der Waals surface area contributed by atoms with Crippen molar-refractivity contribution in [3.63, 3.8) is 0 Å². The van der Waals surface area contributed by atoms with Crippen molar-refractivity contribution in [1.29, 1.82) is 0 Å². The zero-order valence-corrected chi connectivity index (χ0v) is 15.9. The van der Waals surface area contributed by atoms with Gasteiger partial charge in [-0.3, -0.25) is 14.4 Å². The molecule has 0 unspecified atom stereocenters. The molecule has 0 aliphatic heterocycles. The Morgan fingerprint density at radius 1 is 1.21 bits per heavy atom. The van der Waals surface area contributed by atoms with Gasteiger partial charge in [0.1, 0.15) is 5.82 Å². The summed E-state index contributed by atoms with van der Waals surface area (Å²) in [6.45, 7) is 1.46. The van der Waals surface area contributed by atoms with E-state index < -0.39 is 18.5 Å². The maximum Gasteiger partial charge on any atom is 0.306 e. The minimum absolute atomic E-state index is 0.0140. The zero-order valence-electron chi connectivity index (χ0n) is 15.1. The number of amides is 1. The molecule has 2 aromatic carbocycles. The van der Waals surface area contributed by atoms with Gasteiger partial charge in [-0.25, -0.2) is 4.98 Å². The highest BCUT2D eigenvalue weighted by Gasteiger charge is 2.11. The first-order valence-corrected chi connectivity index (χ1v) is 9.00. The van der Waals surface area contributed by atoms with E-state index in [1.165, 1.54) is 0 Å². The number of aromatic nitrogens is 2. The van der Waals surface area contributed by atoms with Gasteiger partial charge >= 0.3 is 5.97 Å². The summed E-state index contributed by atoms with van der Waals surface area (Å²) in [6.07, 6.45) is 0.185. The van der Waals surface area contributed by atoms with Crippen LogP contribution in [0.2, 0.25) is 5.02 Å². The van der Waals surface area contributed by atoms with Gasteiger partial charge in [-0.05, 0) is 36.8 Å². The molecule has 0 saturated heterocycles. The first kappa shape index (κ1) is 19.6. The number of para-hydroxylation sites is 1. The standard InChI is InChI=1S/C20H18ClN3O4/c1-12-6-7-16(14(21)10-12)23-18(25)11-28-19(26)9-8-17-22-15-5-3-2-4-13(15)20(27)24-17/h2-7,10H,8-9,11H2,1H3,(H,23,25)(H,22,24,27). The second-order valence-corrected chi connectivity index (χ2v) is 6.63. The second-order valence-electron chi connectivity index (χ2n) is 6.22. The molecule has 0 aliphatic rings. The van der Waals surface area contributed by atoms with Crippen LogP contribution >= 0.6 is 11.6 Å². The molecule has 144 valence electrons. The number of nitrogens with one attached hydrogen (secondary N) is 2. The molecule has 3 aromatic rings. The molecule has 0 fully saturated rings.